The summed E-state index contributed by atoms with van der Waals surface area (Å²) in [6.07, 6.45) is 5.00. The van der Waals surface area contributed by atoms with E-state index in [0.717, 1.165) is 65.1 Å². The molecule has 3 rings (SSSR count). The topological polar surface area (TPSA) is 55.9 Å². The Bertz CT molecular complexity index is 553. The fraction of sp³-hybridized carbons (Fsp3) is 0.909. The molecule has 1 unspecified atom stereocenters. The van der Waals surface area contributed by atoms with Gasteiger partial charge in [-0.05, 0) is 44.9 Å². The average molecular weight is 395 g/mol. The lowest BCUT2D eigenvalue weighted by Gasteiger charge is -2.54. The fourth-order valence-electron chi connectivity index (χ4n) is 4.98. The molecule has 162 valence electrons. The predicted molar refractivity (Wildman–Crippen MR) is 114 cm³/mol. The van der Waals surface area contributed by atoms with Crippen molar-refractivity contribution in [3.63, 3.8) is 0 Å². The van der Waals surface area contributed by atoms with Crippen LogP contribution in [0.5, 0.6) is 0 Å². The lowest BCUT2D eigenvalue weighted by atomic mass is 9.59. The molecule has 3 aliphatic rings. The van der Waals surface area contributed by atoms with Gasteiger partial charge < -0.3 is 15.1 Å². The van der Waals surface area contributed by atoms with Gasteiger partial charge in [0.15, 0.2) is 0 Å². The van der Waals surface area contributed by atoms with Crippen LogP contribution in [0.3, 0.4) is 0 Å². The zero-order chi connectivity index (χ0) is 20.3. The maximum absolute atomic E-state index is 12.7. The normalized spacial score (nSPS) is 25.9. The van der Waals surface area contributed by atoms with E-state index in [2.05, 4.69) is 33.9 Å². The van der Waals surface area contributed by atoms with E-state index >= 15 is 0 Å². The van der Waals surface area contributed by atoms with Gasteiger partial charge in [0.25, 0.3) is 0 Å². The Morgan fingerprint density at radius 2 is 1.64 bits per heavy atom. The van der Waals surface area contributed by atoms with Crippen molar-refractivity contribution < 1.29 is 11.0 Å². The Morgan fingerprint density at radius 1 is 1.00 bits per heavy atom. The molecule has 0 aromatic heterocycles. The van der Waals surface area contributed by atoms with Crippen LogP contribution in [0.1, 0.15) is 61.2 Å². The summed E-state index contributed by atoms with van der Waals surface area (Å²) in [5.41, 5.74) is 0.245. The van der Waals surface area contributed by atoms with Crippen LogP contribution in [-0.2, 0) is 9.59 Å². The number of carbonyl (C=O) groups is 2. The van der Waals surface area contributed by atoms with Crippen LogP contribution in [0.2, 0.25) is 0 Å². The molecule has 6 nitrogen and oxygen atoms in total. The van der Waals surface area contributed by atoms with E-state index in [1.165, 1.54) is 6.42 Å². The monoisotopic (exact) mass is 394 g/mol. The van der Waals surface area contributed by atoms with Gasteiger partial charge >= 0.3 is 0 Å². The van der Waals surface area contributed by atoms with Crippen LogP contribution in [0.25, 0.3) is 0 Å². The van der Waals surface area contributed by atoms with Gasteiger partial charge in [0.1, 0.15) is 0 Å². The first-order valence-electron chi connectivity index (χ1n) is 11.4. The van der Waals surface area contributed by atoms with Gasteiger partial charge in [-0.15, -0.1) is 0 Å². The van der Waals surface area contributed by atoms with Crippen LogP contribution in [0.15, 0.2) is 0 Å². The molecule has 1 saturated carbocycles. The molecule has 0 bridgehead atoms. The van der Waals surface area contributed by atoms with Crippen LogP contribution in [-0.4, -0.2) is 84.4 Å². The molecule has 2 aliphatic heterocycles. The number of piperidine rings is 1. The van der Waals surface area contributed by atoms with Crippen LogP contribution < -0.4 is 5.32 Å². The SMILES string of the molecule is CC(C)C(=O)NC1CCC12CCN(C(=O)CCN1CCN(C(C)C)CC1)CC2.[HH]. The zero-order valence-corrected chi connectivity index (χ0v) is 18.4. The number of amides is 2. The molecule has 0 aromatic carbocycles. The molecule has 6 heteroatoms. The lowest BCUT2D eigenvalue weighted by Crippen LogP contribution is -2.60. The van der Waals surface area contributed by atoms with Crippen LogP contribution in [0.4, 0.5) is 0 Å². The van der Waals surface area contributed by atoms with E-state index in [-0.39, 0.29) is 18.7 Å². The van der Waals surface area contributed by atoms with Gasteiger partial charge in [0, 0.05) is 71.7 Å². The van der Waals surface area contributed by atoms with E-state index in [9.17, 15) is 9.59 Å². The number of carbonyl (C=O) groups excluding carboxylic acids is 2. The van der Waals surface area contributed by atoms with Gasteiger partial charge in [0.2, 0.25) is 11.8 Å². The maximum Gasteiger partial charge on any atom is 0.223 e. The summed E-state index contributed by atoms with van der Waals surface area (Å²) in [6.45, 7) is 15.4. The summed E-state index contributed by atoms with van der Waals surface area (Å²) in [4.78, 5) is 31.8. The zero-order valence-electron chi connectivity index (χ0n) is 18.4. The molecule has 2 saturated heterocycles. The molecule has 0 radical (unpaired) electrons. The number of nitrogens with one attached hydrogen (secondary N) is 1. The smallest absolute Gasteiger partial charge is 0.223 e. The highest BCUT2D eigenvalue weighted by Gasteiger charge is 2.49. The molecular formula is C22H42N4O2. The van der Waals surface area contributed by atoms with Gasteiger partial charge in [-0.2, -0.15) is 0 Å². The van der Waals surface area contributed by atoms with E-state index in [4.69, 9.17) is 0 Å². The van der Waals surface area contributed by atoms with Gasteiger partial charge in [-0.1, -0.05) is 13.8 Å². The Balaban J connectivity index is 0.00000300. The Morgan fingerprint density at radius 3 is 2.14 bits per heavy atom. The number of rotatable bonds is 6. The molecule has 2 amide bonds. The largest absolute Gasteiger partial charge is 0.353 e. The van der Waals surface area contributed by atoms with E-state index in [0.29, 0.717) is 24.4 Å². The number of hydrogen-bond acceptors (Lipinski definition) is 4. The summed E-state index contributed by atoms with van der Waals surface area (Å²) >= 11 is 0. The minimum Gasteiger partial charge on any atom is -0.353 e. The first-order chi connectivity index (χ1) is 13.3. The van der Waals surface area contributed by atoms with Crippen molar-refractivity contribution in [1.82, 2.24) is 20.0 Å². The fourth-order valence-corrected chi connectivity index (χ4v) is 4.98. The number of nitrogens with zero attached hydrogens (tertiary/aromatic N) is 3. The number of likely N-dealkylation sites (tertiary alicyclic amines) is 1. The molecule has 3 fully saturated rings. The molecule has 1 N–H and O–H groups in total. The summed E-state index contributed by atoms with van der Waals surface area (Å²) in [5, 5.41) is 3.25. The van der Waals surface area contributed by atoms with Crippen molar-refractivity contribution in [3.8, 4) is 0 Å². The second-order valence-electron chi connectivity index (χ2n) is 9.72. The molecule has 1 spiro atoms. The van der Waals surface area contributed by atoms with Gasteiger partial charge in [-0.25, -0.2) is 0 Å². The molecular weight excluding hydrogens is 352 g/mol. The van der Waals surface area contributed by atoms with E-state index in [1.807, 2.05) is 13.8 Å². The Labute approximate surface area is 172 Å². The third kappa shape index (κ3) is 4.88. The highest BCUT2D eigenvalue weighted by Crippen LogP contribution is 2.49. The molecule has 0 aromatic rings. The maximum atomic E-state index is 12.7. The number of piperazine rings is 1. The average Bonchev–Trinajstić information content (AvgIpc) is 2.69. The first-order valence-corrected chi connectivity index (χ1v) is 11.4. The first kappa shape index (κ1) is 21.6. The summed E-state index contributed by atoms with van der Waals surface area (Å²) in [5.74, 6) is 0.519. The Hall–Kier alpha value is -1.14. The summed E-state index contributed by atoms with van der Waals surface area (Å²) in [6, 6.07) is 0.932. The van der Waals surface area contributed by atoms with Crippen molar-refractivity contribution >= 4 is 11.8 Å². The predicted octanol–water partition coefficient (Wildman–Crippen LogP) is 2.19. The quantitative estimate of drug-likeness (QED) is 0.750. The van der Waals surface area contributed by atoms with Crippen molar-refractivity contribution in [1.29, 1.82) is 0 Å². The Kier molecular flexibility index (Phi) is 7.02. The van der Waals surface area contributed by atoms with Crippen LogP contribution in [0, 0.1) is 11.3 Å². The number of hydrogen-bond donors (Lipinski definition) is 1. The van der Waals surface area contributed by atoms with Crippen molar-refractivity contribution in [2.45, 2.75) is 71.9 Å². The second-order valence-corrected chi connectivity index (χ2v) is 9.72. The van der Waals surface area contributed by atoms with Crippen molar-refractivity contribution in [3.05, 3.63) is 0 Å². The summed E-state index contributed by atoms with van der Waals surface area (Å²) in [7, 11) is 0. The molecule has 2 heterocycles. The van der Waals surface area contributed by atoms with E-state index in [1.54, 1.807) is 0 Å². The second kappa shape index (κ2) is 9.12. The summed E-state index contributed by atoms with van der Waals surface area (Å²) < 4.78 is 0. The van der Waals surface area contributed by atoms with Gasteiger partial charge in [0.05, 0.1) is 0 Å². The molecule has 28 heavy (non-hydrogen) atoms. The minimum absolute atomic E-state index is 0. The third-order valence-corrected chi connectivity index (χ3v) is 7.40. The van der Waals surface area contributed by atoms with E-state index < -0.39 is 0 Å². The van der Waals surface area contributed by atoms with Crippen molar-refractivity contribution in [2.75, 3.05) is 45.8 Å². The van der Waals surface area contributed by atoms with Gasteiger partial charge in [-0.3, -0.25) is 14.5 Å². The molecule has 1 aliphatic carbocycles. The highest BCUT2D eigenvalue weighted by molar-refractivity contribution is 5.78. The van der Waals surface area contributed by atoms with Crippen LogP contribution >= 0.6 is 0 Å². The highest BCUT2D eigenvalue weighted by atomic mass is 16.2. The lowest BCUT2D eigenvalue weighted by molar-refractivity contribution is -0.138. The van der Waals surface area contributed by atoms with Crippen molar-refractivity contribution in [2.24, 2.45) is 11.3 Å². The molecule has 1 atom stereocenters. The standard InChI is InChI=1S/C22H40N4O2.H2/c1-17(2)21(28)23-19-5-7-22(19)8-11-26(12-9-22)20(27)6-10-24-13-15-25(16-14-24)18(3)4;/h17-19H,5-16H2,1-4H3,(H,23,28);1H. The minimum atomic E-state index is 0. The third-order valence-electron chi connectivity index (χ3n) is 7.40.